The third-order valence-electron chi connectivity index (χ3n) is 3.35. The van der Waals surface area contributed by atoms with Crippen LogP contribution in [-0.2, 0) is 12.8 Å². The van der Waals surface area contributed by atoms with E-state index < -0.39 is 0 Å². The van der Waals surface area contributed by atoms with Crippen molar-refractivity contribution in [3.05, 3.63) is 47.4 Å². The van der Waals surface area contributed by atoms with Crippen LogP contribution in [0.25, 0.3) is 0 Å². The number of aromatic nitrogens is 2. The van der Waals surface area contributed by atoms with Gasteiger partial charge in [-0.3, -0.25) is 0 Å². The van der Waals surface area contributed by atoms with Crippen LogP contribution in [0.5, 0.6) is 11.6 Å². The molecule has 18 heavy (non-hydrogen) atoms. The summed E-state index contributed by atoms with van der Waals surface area (Å²) in [5, 5.41) is 0. The Labute approximate surface area is 107 Å². The maximum Gasteiger partial charge on any atom is 0.222 e. The summed E-state index contributed by atoms with van der Waals surface area (Å²) in [4.78, 5) is 8.23. The number of nitrogens with zero attached hydrogens (tertiary/aromatic N) is 2. The second-order valence-electron chi connectivity index (χ2n) is 4.70. The summed E-state index contributed by atoms with van der Waals surface area (Å²) < 4.78 is 5.91. The summed E-state index contributed by atoms with van der Waals surface area (Å²) in [6.07, 6.45) is 6.34. The molecule has 92 valence electrons. The van der Waals surface area contributed by atoms with E-state index in [1.807, 2.05) is 19.1 Å². The zero-order valence-corrected chi connectivity index (χ0v) is 10.5. The largest absolute Gasteiger partial charge is 0.439 e. The van der Waals surface area contributed by atoms with E-state index in [2.05, 4.69) is 22.1 Å². The van der Waals surface area contributed by atoms with Gasteiger partial charge in [0, 0.05) is 11.8 Å². The fraction of sp³-hybridized carbons (Fsp3) is 0.333. The SMILES string of the molecule is Cc1cc(Oc2cccc3c2CCCC3)ncn1. The minimum Gasteiger partial charge on any atom is -0.439 e. The number of hydrogen-bond donors (Lipinski definition) is 0. The normalized spacial score (nSPS) is 14.1. The Kier molecular flexibility index (Phi) is 2.97. The lowest BCUT2D eigenvalue weighted by Crippen LogP contribution is -2.04. The molecule has 0 saturated heterocycles. The van der Waals surface area contributed by atoms with Gasteiger partial charge in [-0.05, 0) is 49.8 Å². The van der Waals surface area contributed by atoms with E-state index >= 15 is 0 Å². The highest BCUT2D eigenvalue weighted by atomic mass is 16.5. The zero-order chi connectivity index (χ0) is 12.4. The summed E-state index contributed by atoms with van der Waals surface area (Å²) in [7, 11) is 0. The van der Waals surface area contributed by atoms with E-state index in [0.717, 1.165) is 24.3 Å². The van der Waals surface area contributed by atoms with Crippen LogP contribution in [0.1, 0.15) is 29.7 Å². The van der Waals surface area contributed by atoms with E-state index in [9.17, 15) is 0 Å². The monoisotopic (exact) mass is 240 g/mol. The molecule has 0 radical (unpaired) electrons. The van der Waals surface area contributed by atoms with Gasteiger partial charge in [0.1, 0.15) is 12.1 Å². The van der Waals surface area contributed by atoms with Gasteiger partial charge in [-0.25, -0.2) is 9.97 Å². The van der Waals surface area contributed by atoms with Gasteiger partial charge in [-0.2, -0.15) is 0 Å². The molecule has 0 fully saturated rings. The lowest BCUT2D eigenvalue weighted by Gasteiger charge is -2.18. The van der Waals surface area contributed by atoms with Gasteiger partial charge in [0.15, 0.2) is 0 Å². The van der Waals surface area contributed by atoms with Crippen LogP contribution in [0.3, 0.4) is 0 Å². The average Bonchev–Trinajstić information content (AvgIpc) is 2.39. The molecule has 0 spiro atoms. The van der Waals surface area contributed by atoms with Crippen molar-refractivity contribution in [1.29, 1.82) is 0 Å². The van der Waals surface area contributed by atoms with Crippen LogP contribution in [0.4, 0.5) is 0 Å². The van der Waals surface area contributed by atoms with E-state index in [0.29, 0.717) is 5.88 Å². The number of fused-ring (bicyclic) bond motifs is 1. The molecule has 3 heteroatoms. The van der Waals surface area contributed by atoms with Crippen molar-refractivity contribution in [2.24, 2.45) is 0 Å². The predicted octanol–water partition coefficient (Wildman–Crippen LogP) is 3.46. The van der Waals surface area contributed by atoms with Crippen molar-refractivity contribution in [3.63, 3.8) is 0 Å². The topological polar surface area (TPSA) is 35.0 Å². The second kappa shape index (κ2) is 4.77. The zero-order valence-electron chi connectivity index (χ0n) is 10.5. The van der Waals surface area contributed by atoms with Gasteiger partial charge < -0.3 is 4.74 Å². The first kappa shape index (κ1) is 11.2. The lowest BCUT2D eigenvalue weighted by atomic mass is 9.91. The first-order valence-corrected chi connectivity index (χ1v) is 6.40. The van der Waals surface area contributed by atoms with Gasteiger partial charge in [0.2, 0.25) is 5.88 Å². The third-order valence-corrected chi connectivity index (χ3v) is 3.35. The molecule has 0 atom stereocenters. The van der Waals surface area contributed by atoms with Gasteiger partial charge in [-0.1, -0.05) is 12.1 Å². The number of aryl methyl sites for hydroxylation is 2. The Balaban J connectivity index is 1.93. The van der Waals surface area contributed by atoms with E-state index in [1.54, 1.807) is 6.33 Å². The Bertz CT molecular complexity index is 566. The minimum absolute atomic E-state index is 0.626. The molecule has 1 heterocycles. The molecule has 0 saturated carbocycles. The van der Waals surface area contributed by atoms with E-state index in [4.69, 9.17) is 4.74 Å². The highest BCUT2D eigenvalue weighted by Crippen LogP contribution is 2.31. The molecule has 0 aliphatic heterocycles. The minimum atomic E-state index is 0.626. The van der Waals surface area contributed by atoms with Gasteiger partial charge >= 0.3 is 0 Å². The predicted molar refractivity (Wildman–Crippen MR) is 69.9 cm³/mol. The molecule has 0 amide bonds. The molecule has 1 aromatic carbocycles. The Hall–Kier alpha value is -1.90. The molecular weight excluding hydrogens is 224 g/mol. The van der Waals surface area contributed by atoms with Crippen molar-refractivity contribution in [1.82, 2.24) is 9.97 Å². The van der Waals surface area contributed by atoms with Crippen molar-refractivity contribution in [2.75, 3.05) is 0 Å². The molecule has 0 N–H and O–H groups in total. The highest BCUT2D eigenvalue weighted by Gasteiger charge is 2.14. The van der Waals surface area contributed by atoms with Crippen molar-refractivity contribution in [2.45, 2.75) is 32.6 Å². The van der Waals surface area contributed by atoms with Crippen molar-refractivity contribution in [3.8, 4) is 11.6 Å². The first-order valence-electron chi connectivity index (χ1n) is 6.40. The molecule has 3 nitrogen and oxygen atoms in total. The summed E-state index contributed by atoms with van der Waals surface area (Å²) in [6, 6.07) is 8.16. The van der Waals surface area contributed by atoms with Crippen LogP contribution < -0.4 is 4.74 Å². The quantitative estimate of drug-likeness (QED) is 0.806. The van der Waals surface area contributed by atoms with Crippen LogP contribution in [0.2, 0.25) is 0 Å². The highest BCUT2D eigenvalue weighted by molar-refractivity contribution is 5.43. The lowest BCUT2D eigenvalue weighted by molar-refractivity contribution is 0.450. The molecule has 0 bridgehead atoms. The molecule has 1 aliphatic carbocycles. The first-order chi connectivity index (χ1) is 8.83. The van der Waals surface area contributed by atoms with Crippen molar-refractivity contribution >= 4 is 0 Å². The molecule has 0 unspecified atom stereocenters. The summed E-state index contributed by atoms with van der Waals surface area (Å²) in [6.45, 7) is 1.94. The summed E-state index contributed by atoms with van der Waals surface area (Å²) >= 11 is 0. The van der Waals surface area contributed by atoms with E-state index in [1.165, 1.54) is 24.0 Å². The Morgan fingerprint density at radius 2 is 2.00 bits per heavy atom. The molecule has 1 aromatic heterocycles. The maximum absolute atomic E-state index is 5.91. The standard InChI is InChI=1S/C15H16N2O/c1-11-9-15(17-10-16-11)18-14-8-4-6-12-5-2-3-7-13(12)14/h4,6,8-10H,2-3,5,7H2,1H3. The summed E-state index contributed by atoms with van der Waals surface area (Å²) in [5.74, 6) is 1.58. The second-order valence-corrected chi connectivity index (χ2v) is 4.70. The summed E-state index contributed by atoms with van der Waals surface area (Å²) in [5.41, 5.74) is 3.69. The molecule has 3 rings (SSSR count). The number of ether oxygens (including phenoxy) is 1. The van der Waals surface area contributed by atoms with Gasteiger partial charge in [-0.15, -0.1) is 0 Å². The number of rotatable bonds is 2. The van der Waals surface area contributed by atoms with Crippen LogP contribution in [0.15, 0.2) is 30.6 Å². The Morgan fingerprint density at radius 3 is 2.89 bits per heavy atom. The molecule has 1 aliphatic rings. The maximum atomic E-state index is 5.91. The van der Waals surface area contributed by atoms with E-state index in [-0.39, 0.29) is 0 Å². The Morgan fingerprint density at radius 1 is 1.11 bits per heavy atom. The van der Waals surface area contributed by atoms with Crippen LogP contribution >= 0.6 is 0 Å². The van der Waals surface area contributed by atoms with Crippen molar-refractivity contribution < 1.29 is 4.74 Å². The molecular formula is C15H16N2O. The average molecular weight is 240 g/mol. The van der Waals surface area contributed by atoms with Gasteiger partial charge in [0.05, 0.1) is 0 Å². The van der Waals surface area contributed by atoms with Gasteiger partial charge in [0.25, 0.3) is 0 Å². The fourth-order valence-corrected chi connectivity index (χ4v) is 2.44. The third kappa shape index (κ3) is 2.21. The smallest absolute Gasteiger partial charge is 0.222 e. The van der Waals surface area contributed by atoms with Crippen LogP contribution in [-0.4, -0.2) is 9.97 Å². The molecule has 2 aromatic rings. The fourth-order valence-electron chi connectivity index (χ4n) is 2.44. The van der Waals surface area contributed by atoms with Crippen LogP contribution in [0, 0.1) is 6.92 Å². The number of hydrogen-bond acceptors (Lipinski definition) is 3. The number of benzene rings is 1.